The molecule has 34 heavy (non-hydrogen) atoms. The van der Waals surface area contributed by atoms with E-state index in [0.717, 1.165) is 43.9 Å². The average molecular weight is 471 g/mol. The van der Waals surface area contributed by atoms with Gasteiger partial charge >= 0.3 is 5.97 Å². The van der Waals surface area contributed by atoms with Gasteiger partial charge in [-0.1, -0.05) is 58.4 Å². The van der Waals surface area contributed by atoms with Crippen molar-refractivity contribution in [1.29, 1.82) is 0 Å². The van der Waals surface area contributed by atoms with Gasteiger partial charge < -0.3 is 14.2 Å². The fourth-order valence-electron chi connectivity index (χ4n) is 3.33. The summed E-state index contributed by atoms with van der Waals surface area (Å²) in [4.78, 5) is 12.4. The lowest BCUT2D eigenvalue weighted by molar-refractivity contribution is 0.0734. The molecule has 2 aromatic carbocycles. The van der Waals surface area contributed by atoms with Gasteiger partial charge in [-0.15, -0.1) is 6.58 Å². The van der Waals surface area contributed by atoms with Crippen molar-refractivity contribution in [2.24, 2.45) is 5.92 Å². The summed E-state index contributed by atoms with van der Waals surface area (Å²) >= 11 is 0. The maximum atomic E-state index is 14.4. The first-order chi connectivity index (χ1) is 16.5. The minimum Gasteiger partial charge on any atom is -0.493 e. The molecule has 0 saturated carbocycles. The van der Waals surface area contributed by atoms with Crippen LogP contribution in [0.3, 0.4) is 0 Å². The van der Waals surface area contributed by atoms with Crippen LogP contribution in [0.2, 0.25) is 0 Å². The van der Waals surface area contributed by atoms with Crippen molar-refractivity contribution in [3.63, 3.8) is 0 Å². The van der Waals surface area contributed by atoms with Gasteiger partial charge in [0.05, 0.1) is 18.8 Å². The van der Waals surface area contributed by atoms with E-state index < -0.39 is 11.8 Å². The van der Waals surface area contributed by atoms with E-state index in [1.54, 1.807) is 24.3 Å². The predicted molar refractivity (Wildman–Crippen MR) is 135 cm³/mol. The van der Waals surface area contributed by atoms with Crippen LogP contribution in [0.5, 0.6) is 17.2 Å². The zero-order chi connectivity index (χ0) is 24.6. The Bertz CT molecular complexity index is 863. The number of carbonyl (C=O) groups is 1. The largest absolute Gasteiger partial charge is 0.493 e. The molecule has 1 atom stereocenters. The van der Waals surface area contributed by atoms with Crippen LogP contribution >= 0.6 is 0 Å². The summed E-state index contributed by atoms with van der Waals surface area (Å²) in [7, 11) is 0. The normalized spacial score (nSPS) is 11.6. The maximum Gasteiger partial charge on any atom is 0.343 e. The zero-order valence-corrected chi connectivity index (χ0v) is 20.7. The van der Waals surface area contributed by atoms with Gasteiger partial charge in [-0.3, -0.25) is 0 Å². The van der Waals surface area contributed by atoms with Crippen molar-refractivity contribution in [3.8, 4) is 17.2 Å². The van der Waals surface area contributed by atoms with Crippen molar-refractivity contribution in [2.75, 3.05) is 13.2 Å². The number of hydrogen-bond acceptors (Lipinski definition) is 4. The highest BCUT2D eigenvalue weighted by Gasteiger charge is 2.13. The van der Waals surface area contributed by atoms with E-state index in [-0.39, 0.29) is 11.3 Å². The van der Waals surface area contributed by atoms with Crippen molar-refractivity contribution in [1.82, 2.24) is 0 Å². The van der Waals surface area contributed by atoms with Gasteiger partial charge in [-0.2, -0.15) is 0 Å². The number of hydrogen-bond donors (Lipinski definition) is 0. The van der Waals surface area contributed by atoms with E-state index in [1.807, 2.05) is 6.08 Å². The number of rotatable bonds is 17. The molecular weight excluding hydrogens is 431 g/mol. The van der Waals surface area contributed by atoms with Crippen LogP contribution in [0.1, 0.15) is 82.0 Å². The molecule has 0 aromatic heterocycles. The van der Waals surface area contributed by atoms with Gasteiger partial charge in [0.2, 0.25) is 0 Å². The molecule has 0 aliphatic rings. The van der Waals surface area contributed by atoms with Gasteiger partial charge in [-0.05, 0) is 67.6 Å². The lowest BCUT2D eigenvalue weighted by Gasteiger charge is -2.11. The van der Waals surface area contributed by atoms with E-state index in [0.29, 0.717) is 24.9 Å². The van der Waals surface area contributed by atoms with E-state index in [9.17, 15) is 9.18 Å². The Morgan fingerprint density at radius 2 is 1.59 bits per heavy atom. The molecule has 186 valence electrons. The molecule has 0 spiro atoms. The van der Waals surface area contributed by atoms with Crippen LogP contribution in [0.15, 0.2) is 55.1 Å². The molecule has 0 fully saturated rings. The molecule has 2 aromatic rings. The molecule has 0 aliphatic heterocycles. The summed E-state index contributed by atoms with van der Waals surface area (Å²) < 4.78 is 31.0. The highest BCUT2D eigenvalue weighted by molar-refractivity contribution is 5.91. The van der Waals surface area contributed by atoms with Crippen LogP contribution < -0.4 is 14.2 Å². The fraction of sp³-hybridized carbons (Fsp3) is 0.483. The van der Waals surface area contributed by atoms with Gasteiger partial charge in [0.1, 0.15) is 11.5 Å². The minimum atomic E-state index is -0.619. The Kier molecular flexibility index (Phi) is 12.8. The Hall–Kier alpha value is -2.82. The first-order valence-electron chi connectivity index (χ1n) is 12.5. The second kappa shape index (κ2) is 15.9. The monoisotopic (exact) mass is 470 g/mol. The zero-order valence-electron chi connectivity index (χ0n) is 20.7. The molecule has 0 radical (unpaired) electrons. The van der Waals surface area contributed by atoms with Crippen LogP contribution in [0.4, 0.5) is 4.39 Å². The standard InChI is InChI=1S/C29H39FO4/c1-4-6-7-8-9-10-11-12-13-20-32-28-19-14-24(21-27(28)30)29(31)34-26-17-15-25(16-18-26)33-22-23(3)5-2/h4,14-19,21,23H,1,5-13,20,22H2,2-3H3/t23-/m0/s1. The third kappa shape index (κ3) is 10.4. The smallest absolute Gasteiger partial charge is 0.343 e. The number of allylic oxidation sites excluding steroid dienone is 1. The summed E-state index contributed by atoms with van der Waals surface area (Å²) in [5.74, 6) is 0.543. The highest BCUT2D eigenvalue weighted by atomic mass is 19.1. The number of benzene rings is 2. The van der Waals surface area contributed by atoms with Crippen LogP contribution in [0, 0.1) is 11.7 Å². The Morgan fingerprint density at radius 1 is 0.941 bits per heavy atom. The number of ether oxygens (including phenoxy) is 3. The first-order valence-corrected chi connectivity index (χ1v) is 12.5. The minimum absolute atomic E-state index is 0.137. The molecule has 0 aliphatic carbocycles. The molecule has 4 nitrogen and oxygen atoms in total. The topological polar surface area (TPSA) is 44.8 Å². The summed E-state index contributed by atoms with van der Waals surface area (Å²) in [5.41, 5.74) is 0.137. The number of unbranched alkanes of at least 4 members (excludes halogenated alkanes) is 7. The second-order valence-corrected chi connectivity index (χ2v) is 8.73. The predicted octanol–water partition coefficient (Wildman–Crippen LogP) is 8.16. The number of carbonyl (C=O) groups excluding carboxylic acids is 1. The molecule has 0 heterocycles. The quantitative estimate of drug-likeness (QED) is 0.101. The van der Waals surface area contributed by atoms with Crippen molar-refractivity contribution >= 4 is 5.97 Å². The molecular formula is C29H39FO4. The third-order valence-corrected chi connectivity index (χ3v) is 5.74. The Morgan fingerprint density at radius 3 is 2.24 bits per heavy atom. The van der Waals surface area contributed by atoms with Crippen molar-refractivity contribution in [2.45, 2.75) is 71.6 Å². The molecule has 0 amide bonds. The third-order valence-electron chi connectivity index (χ3n) is 5.74. The summed E-state index contributed by atoms with van der Waals surface area (Å²) in [6, 6.07) is 11.0. The highest BCUT2D eigenvalue weighted by Crippen LogP contribution is 2.22. The van der Waals surface area contributed by atoms with E-state index in [2.05, 4.69) is 20.4 Å². The summed E-state index contributed by atoms with van der Waals surface area (Å²) in [5, 5.41) is 0. The SMILES string of the molecule is C=CCCCCCCCCCOc1ccc(C(=O)Oc2ccc(OC[C@@H](C)CC)cc2)cc1F. The Labute approximate surface area is 204 Å². The van der Waals surface area contributed by atoms with E-state index in [1.165, 1.54) is 37.8 Å². The first kappa shape index (κ1) is 27.4. The van der Waals surface area contributed by atoms with Gasteiger partial charge in [0, 0.05) is 0 Å². The van der Waals surface area contributed by atoms with Gasteiger partial charge in [-0.25, -0.2) is 9.18 Å². The molecule has 0 N–H and O–H groups in total. The van der Waals surface area contributed by atoms with Crippen LogP contribution in [-0.4, -0.2) is 19.2 Å². The van der Waals surface area contributed by atoms with E-state index >= 15 is 0 Å². The maximum absolute atomic E-state index is 14.4. The second-order valence-electron chi connectivity index (χ2n) is 8.73. The van der Waals surface area contributed by atoms with E-state index in [4.69, 9.17) is 14.2 Å². The summed E-state index contributed by atoms with van der Waals surface area (Å²) in [6.07, 6.45) is 12.2. The molecule has 5 heteroatoms. The molecule has 2 rings (SSSR count). The van der Waals surface area contributed by atoms with Gasteiger partial charge in [0.15, 0.2) is 11.6 Å². The van der Waals surface area contributed by atoms with Crippen molar-refractivity contribution in [3.05, 3.63) is 66.5 Å². The molecule has 0 saturated heterocycles. The van der Waals surface area contributed by atoms with Gasteiger partial charge in [0.25, 0.3) is 0 Å². The van der Waals surface area contributed by atoms with Crippen LogP contribution in [-0.2, 0) is 0 Å². The summed E-state index contributed by atoms with van der Waals surface area (Å²) in [6.45, 7) is 9.08. The molecule has 0 unspecified atom stereocenters. The lowest BCUT2D eigenvalue weighted by atomic mass is 10.1. The van der Waals surface area contributed by atoms with Crippen molar-refractivity contribution < 1.29 is 23.4 Å². The number of halogens is 1. The Balaban J connectivity index is 1.71. The number of esters is 1. The average Bonchev–Trinajstić information content (AvgIpc) is 2.85. The fourth-order valence-corrected chi connectivity index (χ4v) is 3.33. The molecule has 0 bridgehead atoms. The van der Waals surface area contributed by atoms with Crippen LogP contribution in [0.25, 0.3) is 0 Å². The lowest BCUT2D eigenvalue weighted by Crippen LogP contribution is -2.10.